The zero-order chi connectivity index (χ0) is 7.72. The van der Waals surface area contributed by atoms with Gasteiger partial charge in [-0.05, 0) is 12.3 Å². The van der Waals surface area contributed by atoms with Crippen LogP contribution in [0.3, 0.4) is 0 Å². The molecule has 0 aliphatic heterocycles. The lowest BCUT2D eigenvalue weighted by atomic mass is 9.73. The summed E-state index contributed by atoms with van der Waals surface area (Å²) in [6, 6.07) is 0. The molecule has 3 nitrogen and oxygen atoms in total. The van der Waals surface area contributed by atoms with Gasteiger partial charge >= 0.3 is 5.97 Å². The minimum atomic E-state index is -0.479. The predicted molar refractivity (Wildman–Crippen MR) is 35.3 cm³/mol. The Bertz CT molecular complexity index is 144. The van der Waals surface area contributed by atoms with E-state index >= 15 is 0 Å². The third kappa shape index (κ3) is 1.01. The second kappa shape index (κ2) is 2.58. The fourth-order valence-electron chi connectivity index (χ4n) is 1.27. The highest BCUT2D eigenvalue weighted by Crippen LogP contribution is 2.34. The van der Waals surface area contributed by atoms with Crippen molar-refractivity contribution in [3.63, 3.8) is 0 Å². The molecule has 1 N–H and O–H groups in total. The molecule has 3 unspecified atom stereocenters. The molecule has 0 heterocycles. The van der Waals surface area contributed by atoms with Gasteiger partial charge < -0.3 is 9.84 Å². The summed E-state index contributed by atoms with van der Waals surface area (Å²) in [5, 5.41) is 9.18. The van der Waals surface area contributed by atoms with Gasteiger partial charge in [0.25, 0.3) is 0 Å². The van der Waals surface area contributed by atoms with Crippen molar-refractivity contribution in [1.29, 1.82) is 0 Å². The molecule has 10 heavy (non-hydrogen) atoms. The van der Waals surface area contributed by atoms with Gasteiger partial charge in [0.05, 0.1) is 19.1 Å². The number of aliphatic hydroxyl groups is 1. The zero-order valence-corrected chi connectivity index (χ0v) is 6.20. The summed E-state index contributed by atoms with van der Waals surface area (Å²) in [7, 11) is 1.35. The number of aliphatic hydroxyl groups excluding tert-OH is 1. The van der Waals surface area contributed by atoms with Gasteiger partial charge in [-0.1, -0.05) is 6.92 Å². The van der Waals surface area contributed by atoms with E-state index in [1.807, 2.05) is 6.92 Å². The minimum absolute atomic E-state index is 0.254. The van der Waals surface area contributed by atoms with E-state index in [1.54, 1.807) is 0 Å². The Morgan fingerprint density at radius 3 is 2.60 bits per heavy atom. The van der Waals surface area contributed by atoms with Gasteiger partial charge in [-0.25, -0.2) is 0 Å². The second-order valence-corrected chi connectivity index (χ2v) is 2.83. The van der Waals surface area contributed by atoms with Crippen LogP contribution in [0, 0.1) is 11.8 Å². The Labute approximate surface area is 60.0 Å². The van der Waals surface area contributed by atoms with Crippen LogP contribution in [0.25, 0.3) is 0 Å². The predicted octanol–water partition coefficient (Wildman–Crippen LogP) is 0.176. The van der Waals surface area contributed by atoms with Crippen LogP contribution in [0.15, 0.2) is 0 Å². The van der Waals surface area contributed by atoms with Crippen molar-refractivity contribution < 1.29 is 14.6 Å². The van der Waals surface area contributed by atoms with Crippen LogP contribution in [0.2, 0.25) is 0 Å². The maximum atomic E-state index is 10.8. The maximum Gasteiger partial charge on any atom is 0.311 e. The molecular weight excluding hydrogens is 132 g/mol. The first kappa shape index (κ1) is 7.54. The molecule has 0 spiro atoms. The highest BCUT2D eigenvalue weighted by molar-refractivity contribution is 5.74. The van der Waals surface area contributed by atoms with E-state index in [2.05, 4.69) is 4.74 Å². The molecule has 0 radical (unpaired) electrons. The Morgan fingerprint density at radius 1 is 1.70 bits per heavy atom. The SMILES string of the molecule is COC(=O)C1CC(C)C1O. The molecule has 3 atom stereocenters. The molecule has 1 aliphatic carbocycles. The molecule has 3 heteroatoms. The zero-order valence-electron chi connectivity index (χ0n) is 6.20. The van der Waals surface area contributed by atoms with Crippen molar-refractivity contribution in [3.8, 4) is 0 Å². The molecule has 1 rings (SSSR count). The Kier molecular flexibility index (Phi) is 1.94. The molecule has 0 aromatic rings. The smallest absolute Gasteiger partial charge is 0.311 e. The van der Waals surface area contributed by atoms with Crippen LogP contribution in [-0.4, -0.2) is 24.3 Å². The average Bonchev–Trinajstić information content (AvgIpc) is 1.98. The van der Waals surface area contributed by atoms with Gasteiger partial charge in [0.15, 0.2) is 0 Å². The van der Waals surface area contributed by atoms with Crippen LogP contribution in [0.1, 0.15) is 13.3 Å². The highest BCUT2D eigenvalue weighted by Gasteiger charge is 2.42. The number of carbonyl (C=O) groups excluding carboxylic acids is 1. The third-order valence-electron chi connectivity index (χ3n) is 2.12. The number of hydrogen-bond donors (Lipinski definition) is 1. The molecule has 0 saturated heterocycles. The van der Waals surface area contributed by atoms with E-state index in [1.165, 1.54) is 7.11 Å². The van der Waals surface area contributed by atoms with E-state index in [9.17, 15) is 9.90 Å². The van der Waals surface area contributed by atoms with Gasteiger partial charge in [-0.2, -0.15) is 0 Å². The lowest BCUT2D eigenvalue weighted by Crippen LogP contribution is -2.45. The van der Waals surface area contributed by atoms with Gasteiger partial charge in [0, 0.05) is 0 Å². The minimum Gasteiger partial charge on any atom is -0.469 e. The molecule has 1 aliphatic rings. The van der Waals surface area contributed by atoms with Gasteiger partial charge in [-0.3, -0.25) is 4.79 Å². The van der Waals surface area contributed by atoms with Crippen molar-refractivity contribution in [2.45, 2.75) is 19.4 Å². The van der Waals surface area contributed by atoms with E-state index in [0.717, 1.165) is 6.42 Å². The van der Waals surface area contributed by atoms with E-state index in [0.29, 0.717) is 0 Å². The maximum absolute atomic E-state index is 10.8. The summed E-state index contributed by atoms with van der Waals surface area (Å²) >= 11 is 0. The average molecular weight is 144 g/mol. The fraction of sp³-hybridized carbons (Fsp3) is 0.857. The number of hydrogen-bond acceptors (Lipinski definition) is 3. The van der Waals surface area contributed by atoms with Crippen LogP contribution in [0.5, 0.6) is 0 Å². The Morgan fingerprint density at radius 2 is 2.30 bits per heavy atom. The van der Waals surface area contributed by atoms with Gasteiger partial charge in [-0.15, -0.1) is 0 Å². The number of carbonyl (C=O) groups is 1. The molecule has 0 aromatic carbocycles. The van der Waals surface area contributed by atoms with Gasteiger partial charge in [0.2, 0.25) is 0 Å². The molecule has 0 amide bonds. The van der Waals surface area contributed by atoms with Crippen molar-refractivity contribution in [1.82, 2.24) is 0 Å². The van der Waals surface area contributed by atoms with Crippen LogP contribution < -0.4 is 0 Å². The monoisotopic (exact) mass is 144 g/mol. The molecule has 1 fully saturated rings. The second-order valence-electron chi connectivity index (χ2n) is 2.83. The van der Waals surface area contributed by atoms with Crippen molar-refractivity contribution >= 4 is 5.97 Å². The quantitative estimate of drug-likeness (QED) is 0.534. The summed E-state index contributed by atoms with van der Waals surface area (Å²) in [6.45, 7) is 1.92. The first-order chi connectivity index (χ1) is 4.66. The summed E-state index contributed by atoms with van der Waals surface area (Å²) in [5.41, 5.74) is 0. The van der Waals surface area contributed by atoms with E-state index in [-0.39, 0.29) is 17.8 Å². The fourth-order valence-corrected chi connectivity index (χ4v) is 1.27. The molecular formula is C7H12O3. The standard InChI is InChI=1S/C7H12O3/c1-4-3-5(6(4)8)7(9)10-2/h4-6,8H,3H2,1-2H3. The number of rotatable bonds is 1. The van der Waals surface area contributed by atoms with E-state index < -0.39 is 6.10 Å². The van der Waals surface area contributed by atoms with Crippen molar-refractivity contribution in [2.24, 2.45) is 11.8 Å². The number of esters is 1. The lowest BCUT2D eigenvalue weighted by molar-refractivity contribution is -0.160. The summed E-state index contributed by atoms with van der Waals surface area (Å²) in [5.74, 6) is -0.297. The molecule has 0 aromatic heterocycles. The molecule has 1 saturated carbocycles. The van der Waals surface area contributed by atoms with Crippen LogP contribution >= 0.6 is 0 Å². The lowest BCUT2D eigenvalue weighted by Gasteiger charge is -2.36. The van der Waals surface area contributed by atoms with E-state index in [4.69, 9.17) is 0 Å². The first-order valence-corrected chi connectivity index (χ1v) is 3.42. The van der Waals surface area contributed by atoms with Crippen molar-refractivity contribution in [2.75, 3.05) is 7.11 Å². The molecule has 58 valence electrons. The topological polar surface area (TPSA) is 46.5 Å². The summed E-state index contributed by atoms with van der Waals surface area (Å²) in [4.78, 5) is 10.8. The van der Waals surface area contributed by atoms with Crippen molar-refractivity contribution in [3.05, 3.63) is 0 Å². The summed E-state index contributed by atoms with van der Waals surface area (Å²) in [6.07, 6.45) is 0.279. The third-order valence-corrected chi connectivity index (χ3v) is 2.12. The Balaban J connectivity index is 2.40. The molecule has 0 bridgehead atoms. The normalized spacial score (nSPS) is 38.5. The largest absolute Gasteiger partial charge is 0.469 e. The van der Waals surface area contributed by atoms with Gasteiger partial charge in [0.1, 0.15) is 0 Å². The Hall–Kier alpha value is -0.570. The van der Waals surface area contributed by atoms with Crippen LogP contribution in [-0.2, 0) is 9.53 Å². The number of methoxy groups -OCH3 is 1. The number of ether oxygens (including phenoxy) is 1. The first-order valence-electron chi connectivity index (χ1n) is 3.42. The van der Waals surface area contributed by atoms with Crippen LogP contribution in [0.4, 0.5) is 0 Å². The highest BCUT2D eigenvalue weighted by atomic mass is 16.5. The summed E-state index contributed by atoms with van der Waals surface area (Å²) < 4.78 is 4.47.